The van der Waals surface area contributed by atoms with E-state index < -0.39 is 198 Å². The van der Waals surface area contributed by atoms with Gasteiger partial charge in [0.1, 0.15) is 47.8 Å². The molecule has 7 fully saturated rings. The summed E-state index contributed by atoms with van der Waals surface area (Å²) in [5.41, 5.74) is -1.62. The molecule has 0 aromatic heterocycles. The molecule has 0 radical (unpaired) electrons. The number of fused-ring (bicyclic) bond motifs is 1. The van der Waals surface area contributed by atoms with Crippen LogP contribution in [0.1, 0.15) is 175 Å². The van der Waals surface area contributed by atoms with Gasteiger partial charge in [0.25, 0.3) is 0 Å². The van der Waals surface area contributed by atoms with Crippen LogP contribution < -0.4 is 16.0 Å². The van der Waals surface area contributed by atoms with Crippen LogP contribution in [0.15, 0.2) is 0 Å². The minimum absolute atomic E-state index is 0.00596. The Kier molecular flexibility index (Phi) is 31.8. The smallest absolute Gasteiger partial charge is 0.383 e. The first kappa shape index (κ1) is 87.7. The first-order chi connectivity index (χ1) is 50.3. The van der Waals surface area contributed by atoms with Gasteiger partial charge < -0.3 is 69.5 Å². The van der Waals surface area contributed by atoms with Gasteiger partial charge in [0, 0.05) is 81.0 Å². The van der Waals surface area contributed by atoms with Gasteiger partial charge in [0.2, 0.25) is 70.9 Å². The molecule has 3 heterocycles. The second-order valence-electron chi connectivity index (χ2n) is 31.8. The van der Waals surface area contributed by atoms with Gasteiger partial charge in [-0.15, -0.1) is 11.6 Å². The summed E-state index contributed by atoms with van der Waals surface area (Å²) in [7, 11) is 9.48. The van der Waals surface area contributed by atoms with Crippen molar-refractivity contribution in [3.05, 3.63) is 0 Å². The summed E-state index contributed by atoms with van der Waals surface area (Å²) in [6.07, 6.45) is -6.22. The number of nitrogens with zero attached hydrogens (tertiary/aromatic N) is 9. The summed E-state index contributed by atoms with van der Waals surface area (Å²) in [5.74, 6) is -14.4. The zero-order chi connectivity index (χ0) is 79.2. The second-order valence-corrected chi connectivity index (χ2v) is 32.3. The van der Waals surface area contributed by atoms with Gasteiger partial charge in [-0.3, -0.25) is 57.5 Å². The van der Waals surface area contributed by atoms with E-state index in [1.807, 2.05) is 13.8 Å². The highest BCUT2D eigenvalue weighted by molar-refractivity contribution is 6.21. The quantitative estimate of drug-likeness (QED) is 0.138. The van der Waals surface area contributed by atoms with Crippen molar-refractivity contribution in [2.24, 2.45) is 41.4 Å². The Hall–Kier alpha value is -6.57. The molecule has 7 rings (SSSR count). The number of likely N-dealkylation sites (N-methyl/N-ethyl adjacent to an activating group) is 6. The molecule has 0 aromatic rings. The number of rotatable bonds is 14. The molecule has 3 saturated heterocycles. The Morgan fingerprint density at radius 1 is 0.636 bits per heavy atom. The molecule has 0 aromatic carbocycles. The molecule has 1 spiro atoms. The Balaban J connectivity index is 1.30. The lowest BCUT2D eigenvalue weighted by Gasteiger charge is -2.42. The predicted octanol–water partition coefficient (Wildman–Crippen LogP) is 5.75. The van der Waals surface area contributed by atoms with E-state index in [4.69, 9.17) is 21.1 Å². The summed E-state index contributed by atoms with van der Waals surface area (Å²) in [5, 5.41) is 7.38. The van der Waals surface area contributed by atoms with Crippen molar-refractivity contribution in [2.75, 3.05) is 115 Å². The van der Waals surface area contributed by atoms with Gasteiger partial charge in [-0.05, 0) is 139 Å². The van der Waals surface area contributed by atoms with Gasteiger partial charge in [-0.25, -0.2) is 0 Å². The van der Waals surface area contributed by atoms with Crippen molar-refractivity contribution in [1.82, 2.24) is 60.0 Å². The van der Waals surface area contributed by atoms with E-state index in [0.717, 1.165) is 19.6 Å². The predicted molar refractivity (Wildman–Crippen MR) is 383 cm³/mol. The third-order valence-corrected chi connectivity index (χ3v) is 24.3. The number of nitrogens with one attached hydrogen (secondary N) is 3. The summed E-state index contributed by atoms with van der Waals surface area (Å²) in [4.78, 5) is 192. The van der Waals surface area contributed by atoms with Crippen LogP contribution in [0.3, 0.4) is 0 Å². The van der Waals surface area contributed by atoms with Crippen LogP contribution in [0, 0.1) is 41.4 Å². The molecule has 4 saturated carbocycles. The van der Waals surface area contributed by atoms with E-state index in [0.29, 0.717) is 44.9 Å². The maximum atomic E-state index is 15.7. The molecular weight excluding hydrogens is 1430 g/mol. The number of alkyl halides is 7. The number of amides is 12. The van der Waals surface area contributed by atoms with Crippen LogP contribution in [0.4, 0.5) is 26.3 Å². The van der Waals surface area contributed by atoms with E-state index in [1.165, 1.54) is 73.9 Å². The number of hydrogen-bond donors (Lipinski definition) is 3. The van der Waals surface area contributed by atoms with Gasteiger partial charge >= 0.3 is 12.4 Å². The highest BCUT2D eigenvalue weighted by atomic mass is 35.5. The highest BCUT2D eigenvalue weighted by Gasteiger charge is 2.53. The summed E-state index contributed by atoms with van der Waals surface area (Å²) in [6.45, 7) is 5.17. The molecule has 3 aliphatic heterocycles. The van der Waals surface area contributed by atoms with Crippen molar-refractivity contribution < 1.29 is 93.4 Å². The minimum atomic E-state index is -4.56. The average molecular weight is 1550 g/mol. The second kappa shape index (κ2) is 38.9. The van der Waals surface area contributed by atoms with Crippen LogP contribution in [0.25, 0.3) is 0 Å². The van der Waals surface area contributed by atoms with Gasteiger partial charge in [0.15, 0.2) is 0 Å². The third kappa shape index (κ3) is 22.6. The summed E-state index contributed by atoms with van der Waals surface area (Å²) in [6, 6.07) is -9.42. The average Bonchev–Trinajstić information content (AvgIpc) is 1.63. The SMILES string of the molecule is CC[C@H](C)[C@@H]1NC(=O)[C@H](CC(C)C)N(C)C(=O)C[C@@H](C(=O)N2CCOCC2)N(C)C(=O)[C@H](C2CCCC2)N(C)C(=O)C2(CCCC2)NC(=O)[C@@H]2CCCN2C(=O)[C@H](CCC2CCC(C(F)(F)F)C(Cl)C2)NC(=O)CN(C)C(=O)[C@H](CC2CCC(C(F)(F)F)CC2)N(CCOC)C(=O)CN(C)C(=O)CN(C)C1=O. The fraction of sp³-hybridized carbons (Fsp3) is 0.838. The van der Waals surface area contributed by atoms with Gasteiger partial charge in [-0.2, -0.15) is 26.3 Å². The third-order valence-electron chi connectivity index (χ3n) is 23.8. The Morgan fingerprint density at radius 2 is 1.25 bits per heavy atom. The summed E-state index contributed by atoms with van der Waals surface area (Å²) < 4.78 is 95.4. The fourth-order valence-electron chi connectivity index (χ4n) is 17.0. The molecule has 12 amide bonds. The van der Waals surface area contributed by atoms with Crippen LogP contribution in [0.2, 0.25) is 0 Å². The van der Waals surface area contributed by atoms with E-state index in [1.54, 1.807) is 13.8 Å². The molecule has 33 heteroatoms. The van der Waals surface area contributed by atoms with Crippen molar-refractivity contribution in [2.45, 2.75) is 241 Å². The monoisotopic (exact) mass is 1550 g/mol. The summed E-state index contributed by atoms with van der Waals surface area (Å²) >= 11 is 6.40. The van der Waals surface area contributed by atoms with Crippen LogP contribution in [0.5, 0.6) is 0 Å². The lowest BCUT2D eigenvalue weighted by atomic mass is 9.78. The van der Waals surface area contributed by atoms with E-state index >= 15 is 33.6 Å². The molecule has 4 aliphatic carbocycles. The molecule has 11 atom stereocenters. The van der Waals surface area contributed by atoms with Crippen LogP contribution >= 0.6 is 11.6 Å². The fourth-order valence-corrected chi connectivity index (χ4v) is 17.5. The van der Waals surface area contributed by atoms with Crippen LogP contribution in [-0.2, 0) is 67.0 Å². The zero-order valence-corrected chi connectivity index (χ0v) is 65.1. The van der Waals surface area contributed by atoms with Crippen molar-refractivity contribution in [3.63, 3.8) is 0 Å². The lowest BCUT2D eigenvalue weighted by molar-refractivity contribution is -0.184. The topological polar surface area (TPSA) is 289 Å². The standard InChI is InChI=1S/C74H117ClF6N12O14/c1-12-46(4)62-69(103)87(7)43-60(96)85(5)44-61(97)92(34-35-106-11)57(40-48-21-25-50(26-22-48)73(76,77)78)67(101)86(6)42-58(94)82-53(28-24-47-23-27-51(52(75)39-47)74(79,80)81)66(100)93-31-17-20-54(93)65(99)84-72(29-15-16-30-72)71(105)90(10)63(49-18-13-14-19-49)70(104)89(9)56(68(102)91-32-36-107-37-33-91)41-59(95)88(8)55(38-45(2)3)64(98)83-62/h45-57,62-63H,12-44H2,1-11H3,(H,82,94)(H,83,98)(H,84,99)/t46-,47?,48?,50?,51?,52?,53-,54-,55-,56-,57-,62-,63-/m0/s1. The molecule has 107 heavy (non-hydrogen) atoms. The largest absolute Gasteiger partial charge is 0.393 e. The Bertz CT molecular complexity index is 3110. The number of morpholine rings is 1. The molecule has 7 aliphatic rings. The van der Waals surface area contributed by atoms with Crippen molar-refractivity contribution in [3.8, 4) is 0 Å². The molecule has 26 nitrogen and oxygen atoms in total. The first-order valence-electron chi connectivity index (χ1n) is 38.5. The maximum absolute atomic E-state index is 15.7. The lowest BCUT2D eigenvalue weighted by Crippen LogP contribution is -2.65. The van der Waals surface area contributed by atoms with Crippen molar-refractivity contribution in [1.29, 1.82) is 0 Å². The number of hydrogen-bond acceptors (Lipinski definition) is 14. The first-order valence-corrected chi connectivity index (χ1v) is 39.0. The number of carbonyl (C=O) groups is 12. The minimum Gasteiger partial charge on any atom is -0.383 e. The van der Waals surface area contributed by atoms with Gasteiger partial charge in [0.05, 0.1) is 57.7 Å². The molecule has 606 valence electrons. The van der Waals surface area contributed by atoms with E-state index in [2.05, 4.69) is 16.0 Å². The highest BCUT2D eigenvalue weighted by Crippen LogP contribution is 2.45. The molecule has 3 unspecified atom stereocenters. The maximum Gasteiger partial charge on any atom is 0.393 e. The van der Waals surface area contributed by atoms with Crippen LogP contribution in [-0.4, -0.2) is 296 Å². The number of ether oxygens (including phenoxy) is 2. The number of halogens is 7. The molecular formula is C74H117ClF6N12O14. The molecule has 3 N–H and O–H groups in total. The van der Waals surface area contributed by atoms with E-state index in [9.17, 15) is 50.3 Å². The Labute approximate surface area is 630 Å². The number of carbonyl (C=O) groups excluding carboxylic acids is 12. The normalized spacial score (nSPS) is 30.2. The van der Waals surface area contributed by atoms with Crippen molar-refractivity contribution >= 4 is 82.5 Å². The number of methoxy groups -OCH3 is 1. The molecule has 0 bridgehead atoms. The van der Waals surface area contributed by atoms with Gasteiger partial charge in [-0.1, -0.05) is 59.8 Å². The Morgan fingerprint density at radius 3 is 1.84 bits per heavy atom. The zero-order valence-electron chi connectivity index (χ0n) is 64.4. The van der Waals surface area contributed by atoms with E-state index in [-0.39, 0.29) is 148 Å².